The fourth-order valence-electron chi connectivity index (χ4n) is 0.559. The van der Waals surface area contributed by atoms with Crippen LogP contribution in [0, 0.1) is 6.20 Å². The molecule has 1 aromatic rings. The van der Waals surface area contributed by atoms with Gasteiger partial charge in [-0.2, -0.15) is 12.1 Å². The van der Waals surface area contributed by atoms with Crippen molar-refractivity contribution in [3.63, 3.8) is 0 Å². The van der Waals surface area contributed by atoms with Gasteiger partial charge in [0.15, 0.2) is 0 Å². The Morgan fingerprint density at radius 3 is 2.91 bits per heavy atom. The number of esters is 1. The number of hydrogen-bond acceptors (Lipinski definition) is 3. The molecule has 0 bridgehead atoms. The smallest absolute Gasteiger partial charge is 0.314 e. The van der Waals surface area contributed by atoms with Gasteiger partial charge in [-0.15, -0.1) is 0 Å². The van der Waals surface area contributed by atoms with Crippen LogP contribution in [0.25, 0.3) is 0 Å². The minimum Gasteiger partial charge on any atom is -0.467 e. The number of pyridine rings is 1. The second kappa shape index (κ2) is 5.38. The summed E-state index contributed by atoms with van der Waals surface area (Å²) < 4.78 is 4.44. The van der Waals surface area contributed by atoms with E-state index < -0.39 is 0 Å². The largest absolute Gasteiger partial charge is 0.467 e. The van der Waals surface area contributed by atoms with E-state index in [2.05, 4.69) is 15.9 Å². The van der Waals surface area contributed by atoms with Crippen molar-refractivity contribution in [2.45, 2.75) is 0 Å². The van der Waals surface area contributed by atoms with E-state index in [9.17, 15) is 4.79 Å². The van der Waals surface area contributed by atoms with Crippen LogP contribution in [0.2, 0.25) is 0 Å². The van der Waals surface area contributed by atoms with Gasteiger partial charge >= 0.3 is 5.97 Å². The van der Waals surface area contributed by atoms with Gasteiger partial charge in [-0.1, -0.05) is 12.4 Å². The minimum absolute atomic E-state index is 0. The topological polar surface area (TPSA) is 39.2 Å². The number of carbonyl (C=O) groups excluding carboxylic acids is 1. The summed E-state index contributed by atoms with van der Waals surface area (Å²) in [6, 6.07) is 3.16. The van der Waals surface area contributed by atoms with Crippen molar-refractivity contribution in [3.05, 3.63) is 30.1 Å². The van der Waals surface area contributed by atoms with Gasteiger partial charge < -0.3 is 9.72 Å². The van der Waals surface area contributed by atoms with Crippen LogP contribution in [-0.2, 0) is 37.4 Å². The van der Waals surface area contributed by atoms with E-state index in [1.165, 1.54) is 13.3 Å². The third kappa shape index (κ3) is 3.08. The van der Waals surface area contributed by atoms with Crippen LogP contribution < -0.4 is 0 Å². The van der Waals surface area contributed by atoms with Crippen LogP contribution in [0.4, 0.5) is 0 Å². The van der Waals surface area contributed by atoms with Gasteiger partial charge in [-0.05, 0) is 5.56 Å². The number of nitrogens with zero attached hydrogens (tertiary/aromatic N) is 1. The number of aromatic nitrogens is 1. The fraction of sp³-hybridized carbons (Fsp3) is 0.143. The molecule has 0 N–H and O–H groups in total. The molecule has 0 aliphatic rings. The molecule has 0 saturated carbocycles. The molecule has 1 radical (unpaired) electrons. The number of carbonyl (C=O) groups is 1. The predicted octanol–water partition coefficient (Wildman–Crippen LogP) is 0.666. The maximum Gasteiger partial charge on any atom is 0.314 e. The molecule has 55 valence electrons. The number of rotatable bonds is 1. The summed E-state index contributed by atoms with van der Waals surface area (Å²) in [5.74, 6) is -0.374. The molecule has 4 heteroatoms. The monoisotopic (exact) mass is 225 g/mol. The van der Waals surface area contributed by atoms with Gasteiger partial charge in [0, 0.05) is 32.7 Å². The average Bonchev–Trinajstić information content (AvgIpc) is 2.05. The zero-order valence-electron chi connectivity index (χ0n) is 6.07. The van der Waals surface area contributed by atoms with Gasteiger partial charge in [0.25, 0.3) is 0 Å². The van der Waals surface area contributed by atoms with E-state index in [4.69, 9.17) is 0 Å². The third-order valence-electron chi connectivity index (χ3n) is 1.04. The second-order valence-electron chi connectivity index (χ2n) is 1.67. The molecular weight excluding hydrogens is 219 g/mol. The molecule has 0 amide bonds. The summed E-state index contributed by atoms with van der Waals surface area (Å²) in [7, 11) is 1.33. The molecule has 0 atom stereocenters. The molecule has 0 unspecified atom stereocenters. The summed E-state index contributed by atoms with van der Waals surface area (Å²) in [5, 5.41) is 0. The maximum atomic E-state index is 10.7. The van der Waals surface area contributed by atoms with Crippen molar-refractivity contribution in [1.82, 2.24) is 4.98 Å². The van der Waals surface area contributed by atoms with Crippen LogP contribution in [0.1, 0.15) is 10.4 Å². The quantitative estimate of drug-likeness (QED) is 0.520. The van der Waals surface area contributed by atoms with Gasteiger partial charge in [-0.25, -0.2) is 4.79 Å². The molecule has 3 nitrogen and oxygen atoms in total. The fourth-order valence-corrected chi connectivity index (χ4v) is 0.559. The van der Waals surface area contributed by atoms with Crippen molar-refractivity contribution < 1.29 is 42.2 Å². The molecule has 1 aromatic heterocycles. The summed E-state index contributed by atoms with van der Waals surface area (Å²) in [4.78, 5) is 14.4. The Hall–Kier alpha value is -0.276. The average molecular weight is 225 g/mol. The Morgan fingerprint density at radius 1 is 1.73 bits per heavy atom. The van der Waals surface area contributed by atoms with E-state index in [0.29, 0.717) is 5.56 Å². The molecule has 0 saturated heterocycles. The number of ether oxygens (including phenoxy) is 1. The maximum absolute atomic E-state index is 10.7. The number of methoxy groups -OCH3 is 1. The van der Waals surface area contributed by atoms with Crippen molar-refractivity contribution >= 4 is 5.97 Å². The Balaban J connectivity index is 0.000001000. The molecular formula is C7H6NO2Y-. The molecule has 11 heavy (non-hydrogen) atoms. The van der Waals surface area contributed by atoms with E-state index in [0.717, 1.165) is 0 Å². The van der Waals surface area contributed by atoms with Crippen molar-refractivity contribution in [2.24, 2.45) is 0 Å². The minimum atomic E-state index is -0.374. The van der Waals surface area contributed by atoms with Crippen LogP contribution in [-0.4, -0.2) is 18.1 Å². The number of hydrogen-bond donors (Lipinski definition) is 0. The van der Waals surface area contributed by atoms with Gasteiger partial charge in [0.05, 0.1) is 7.11 Å². The predicted molar refractivity (Wildman–Crippen MR) is 34.4 cm³/mol. The molecule has 1 rings (SSSR count). The zero-order chi connectivity index (χ0) is 7.40. The van der Waals surface area contributed by atoms with Crippen LogP contribution >= 0.6 is 0 Å². The van der Waals surface area contributed by atoms with Crippen molar-refractivity contribution in [2.75, 3.05) is 7.11 Å². The molecule has 0 aliphatic carbocycles. The first-order valence-electron chi connectivity index (χ1n) is 2.75. The van der Waals surface area contributed by atoms with E-state index >= 15 is 0 Å². The Bertz CT molecular complexity index is 225. The Labute approximate surface area is 90.0 Å². The third-order valence-corrected chi connectivity index (χ3v) is 1.04. The normalized spacial score (nSPS) is 8.09. The first kappa shape index (κ1) is 10.7. The van der Waals surface area contributed by atoms with E-state index in [1.54, 1.807) is 12.1 Å². The van der Waals surface area contributed by atoms with E-state index in [-0.39, 0.29) is 38.7 Å². The zero-order valence-corrected chi connectivity index (χ0v) is 8.91. The first-order chi connectivity index (χ1) is 4.84. The van der Waals surface area contributed by atoms with Gasteiger partial charge in [0.1, 0.15) is 0 Å². The van der Waals surface area contributed by atoms with Crippen LogP contribution in [0.15, 0.2) is 18.3 Å². The standard InChI is InChI=1S/C7H6NO2.Y/c1-10-7(9)6-3-2-4-8-5-6;/h2-3,5H,1H3;/q-1;. The molecule has 0 spiro atoms. The molecule has 0 aliphatic heterocycles. The second-order valence-corrected chi connectivity index (χ2v) is 1.67. The van der Waals surface area contributed by atoms with E-state index in [1.807, 2.05) is 0 Å². The van der Waals surface area contributed by atoms with Crippen molar-refractivity contribution in [1.29, 1.82) is 0 Å². The summed E-state index contributed by atoms with van der Waals surface area (Å²) in [6.45, 7) is 0. The summed E-state index contributed by atoms with van der Waals surface area (Å²) in [6.07, 6.45) is 3.96. The SMILES string of the molecule is COC(=O)c1cc[c-]nc1.[Y]. The van der Waals surface area contributed by atoms with Gasteiger partial charge in [-0.3, -0.25) is 0 Å². The Kier molecular flexibility index (Phi) is 5.25. The summed E-state index contributed by atoms with van der Waals surface area (Å²) >= 11 is 0. The molecule has 0 aromatic carbocycles. The van der Waals surface area contributed by atoms with Crippen LogP contribution in [0.5, 0.6) is 0 Å². The molecule has 1 heterocycles. The van der Waals surface area contributed by atoms with Crippen LogP contribution in [0.3, 0.4) is 0 Å². The van der Waals surface area contributed by atoms with Crippen molar-refractivity contribution in [3.8, 4) is 0 Å². The molecule has 0 fully saturated rings. The first-order valence-corrected chi connectivity index (χ1v) is 2.75. The summed E-state index contributed by atoms with van der Waals surface area (Å²) in [5.41, 5.74) is 0.446. The van der Waals surface area contributed by atoms with Gasteiger partial charge in [0.2, 0.25) is 0 Å². The Morgan fingerprint density at radius 2 is 2.45 bits per heavy atom.